The van der Waals surface area contributed by atoms with E-state index in [1.165, 1.54) is 0 Å². The van der Waals surface area contributed by atoms with Crippen LogP contribution in [0.25, 0.3) is 10.9 Å². The number of ether oxygens (including phenoxy) is 3. The predicted octanol–water partition coefficient (Wildman–Crippen LogP) is 2.40. The van der Waals surface area contributed by atoms with Crippen molar-refractivity contribution < 1.29 is 19.3 Å². The van der Waals surface area contributed by atoms with Crippen molar-refractivity contribution in [3.05, 3.63) is 23.8 Å². The first kappa shape index (κ1) is 17.4. The van der Waals surface area contributed by atoms with Crippen molar-refractivity contribution >= 4 is 16.7 Å². The molecule has 2 aliphatic heterocycles. The van der Waals surface area contributed by atoms with Gasteiger partial charge in [0.25, 0.3) is 0 Å². The molecule has 140 valence electrons. The SMILES string of the molecule is COc1cc2nc(N3C[C@@H]4CCOC[C@]4(CO)C3)cc(C)c2cc1OC. The molecule has 2 saturated heterocycles. The Bertz CT molecular complexity index is 825. The average molecular weight is 358 g/mol. The molecule has 2 aromatic rings. The predicted molar refractivity (Wildman–Crippen MR) is 100 cm³/mol. The molecule has 0 saturated carbocycles. The molecule has 6 heteroatoms. The number of hydrogen-bond acceptors (Lipinski definition) is 6. The van der Waals surface area contributed by atoms with E-state index in [0.717, 1.165) is 48.4 Å². The van der Waals surface area contributed by atoms with Crippen molar-refractivity contribution in [3.8, 4) is 11.5 Å². The van der Waals surface area contributed by atoms with E-state index in [-0.39, 0.29) is 12.0 Å². The number of aliphatic hydroxyl groups excluding tert-OH is 1. The van der Waals surface area contributed by atoms with E-state index >= 15 is 0 Å². The second-order valence-electron chi connectivity index (χ2n) is 7.46. The van der Waals surface area contributed by atoms with Crippen LogP contribution in [-0.2, 0) is 4.74 Å². The Hall–Kier alpha value is -2.05. The molecule has 1 aromatic heterocycles. The molecule has 0 amide bonds. The summed E-state index contributed by atoms with van der Waals surface area (Å²) in [6.07, 6.45) is 0.995. The minimum atomic E-state index is -0.166. The van der Waals surface area contributed by atoms with E-state index in [0.29, 0.717) is 24.0 Å². The standard InChI is InChI=1S/C20H26N2O4/c1-13-6-19(21-16-8-18(25-3)17(24-2)7-15(13)16)22-9-14-4-5-26-12-20(14,10-22)11-23/h6-8,14,23H,4-5,9-12H2,1-3H3/t14-,20+/m0/s1. The van der Waals surface area contributed by atoms with Gasteiger partial charge in [-0.2, -0.15) is 0 Å². The molecule has 26 heavy (non-hydrogen) atoms. The second-order valence-corrected chi connectivity index (χ2v) is 7.46. The fraction of sp³-hybridized carbons (Fsp3) is 0.550. The first-order valence-electron chi connectivity index (χ1n) is 9.07. The lowest BCUT2D eigenvalue weighted by atomic mass is 9.76. The maximum Gasteiger partial charge on any atom is 0.162 e. The lowest BCUT2D eigenvalue weighted by Gasteiger charge is -2.36. The van der Waals surface area contributed by atoms with Gasteiger partial charge in [-0.1, -0.05) is 0 Å². The summed E-state index contributed by atoms with van der Waals surface area (Å²) in [5, 5.41) is 11.1. The number of nitrogens with zero attached hydrogens (tertiary/aromatic N) is 2. The maximum absolute atomic E-state index is 10.0. The maximum atomic E-state index is 10.0. The molecule has 0 spiro atoms. The molecule has 0 radical (unpaired) electrons. The number of fused-ring (bicyclic) bond motifs is 2. The van der Waals surface area contributed by atoms with Crippen LogP contribution in [0.2, 0.25) is 0 Å². The number of aromatic nitrogens is 1. The number of methoxy groups -OCH3 is 2. The third kappa shape index (κ3) is 2.68. The van der Waals surface area contributed by atoms with Gasteiger partial charge in [0.2, 0.25) is 0 Å². The Labute approximate surface area is 153 Å². The number of aryl methyl sites for hydroxylation is 1. The molecule has 4 rings (SSSR count). The van der Waals surface area contributed by atoms with Crippen LogP contribution in [0.3, 0.4) is 0 Å². The van der Waals surface area contributed by atoms with Crippen molar-refractivity contribution in [2.24, 2.45) is 11.3 Å². The quantitative estimate of drug-likeness (QED) is 0.905. The zero-order valence-corrected chi connectivity index (χ0v) is 15.6. The van der Waals surface area contributed by atoms with E-state index in [1.54, 1.807) is 14.2 Å². The van der Waals surface area contributed by atoms with Gasteiger partial charge in [0.05, 0.1) is 33.0 Å². The summed E-state index contributed by atoms with van der Waals surface area (Å²) in [6.45, 7) is 5.34. The minimum Gasteiger partial charge on any atom is -0.493 e. The molecule has 2 aliphatic rings. The summed E-state index contributed by atoms with van der Waals surface area (Å²) in [6, 6.07) is 6.03. The summed E-state index contributed by atoms with van der Waals surface area (Å²) >= 11 is 0. The van der Waals surface area contributed by atoms with Gasteiger partial charge < -0.3 is 24.2 Å². The summed E-state index contributed by atoms with van der Waals surface area (Å²) < 4.78 is 16.5. The molecule has 0 aliphatic carbocycles. The largest absolute Gasteiger partial charge is 0.493 e. The first-order valence-corrected chi connectivity index (χ1v) is 9.07. The van der Waals surface area contributed by atoms with Crippen molar-refractivity contribution in [1.82, 2.24) is 4.98 Å². The molecule has 2 fully saturated rings. The summed E-state index contributed by atoms with van der Waals surface area (Å²) in [4.78, 5) is 7.18. The zero-order valence-electron chi connectivity index (χ0n) is 15.6. The summed E-state index contributed by atoms with van der Waals surface area (Å²) in [5.74, 6) is 2.79. The molecule has 1 aromatic carbocycles. The molecular formula is C20H26N2O4. The molecular weight excluding hydrogens is 332 g/mol. The highest BCUT2D eigenvalue weighted by atomic mass is 16.5. The summed E-state index contributed by atoms with van der Waals surface area (Å²) in [7, 11) is 3.28. The number of hydrogen-bond donors (Lipinski definition) is 1. The Morgan fingerprint density at radius 1 is 1.27 bits per heavy atom. The fourth-order valence-electron chi connectivity index (χ4n) is 4.36. The van der Waals surface area contributed by atoms with E-state index in [9.17, 15) is 5.11 Å². The highest BCUT2D eigenvalue weighted by Crippen LogP contribution is 2.43. The first-order chi connectivity index (χ1) is 12.6. The third-order valence-corrected chi connectivity index (χ3v) is 5.96. The van der Waals surface area contributed by atoms with Gasteiger partial charge >= 0.3 is 0 Å². The molecule has 0 bridgehead atoms. The Morgan fingerprint density at radius 2 is 2.04 bits per heavy atom. The van der Waals surface area contributed by atoms with Crippen LogP contribution in [-0.4, -0.2) is 57.2 Å². The average Bonchev–Trinajstić information content (AvgIpc) is 3.07. The van der Waals surface area contributed by atoms with Gasteiger partial charge in [0, 0.05) is 36.6 Å². The van der Waals surface area contributed by atoms with Gasteiger partial charge in [0.15, 0.2) is 11.5 Å². The Morgan fingerprint density at radius 3 is 2.73 bits per heavy atom. The topological polar surface area (TPSA) is 64.1 Å². The highest BCUT2D eigenvalue weighted by molar-refractivity contribution is 5.87. The molecule has 3 heterocycles. The second kappa shape index (κ2) is 6.59. The van der Waals surface area contributed by atoms with Crippen LogP contribution in [0.4, 0.5) is 5.82 Å². The number of benzene rings is 1. The van der Waals surface area contributed by atoms with E-state index < -0.39 is 0 Å². The van der Waals surface area contributed by atoms with Crippen LogP contribution in [0, 0.1) is 18.3 Å². The van der Waals surface area contributed by atoms with Crippen molar-refractivity contribution in [3.63, 3.8) is 0 Å². The smallest absolute Gasteiger partial charge is 0.162 e. The third-order valence-electron chi connectivity index (χ3n) is 5.96. The minimum absolute atomic E-state index is 0.158. The molecule has 1 N–H and O–H groups in total. The van der Waals surface area contributed by atoms with Crippen LogP contribution in [0.15, 0.2) is 18.2 Å². The van der Waals surface area contributed by atoms with Crippen LogP contribution in [0.5, 0.6) is 11.5 Å². The monoisotopic (exact) mass is 358 g/mol. The number of pyridine rings is 1. The van der Waals surface area contributed by atoms with E-state index in [4.69, 9.17) is 19.2 Å². The number of aliphatic hydroxyl groups is 1. The van der Waals surface area contributed by atoms with Crippen molar-refractivity contribution in [1.29, 1.82) is 0 Å². The van der Waals surface area contributed by atoms with Gasteiger partial charge in [-0.25, -0.2) is 4.98 Å². The number of anilines is 1. The van der Waals surface area contributed by atoms with Gasteiger partial charge in [-0.05, 0) is 37.0 Å². The molecule has 6 nitrogen and oxygen atoms in total. The van der Waals surface area contributed by atoms with Crippen molar-refractivity contribution in [2.75, 3.05) is 52.0 Å². The van der Waals surface area contributed by atoms with E-state index in [2.05, 4.69) is 17.9 Å². The van der Waals surface area contributed by atoms with Crippen molar-refractivity contribution in [2.45, 2.75) is 13.3 Å². The van der Waals surface area contributed by atoms with Crippen LogP contribution < -0.4 is 14.4 Å². The van der Waals surface area contributed by atoms with Gasteiger partial charge in [0.1, 0.15) is 5.82 Å². The Kier molecular flexibility index (Phi) is 4.40. The zero-order chi connectivity index (χ0) is 18.3. The van der Waals surface area contributed by atoms with Crippen LogP contribution in [0.1, 0.15) is 12.0 Å². The lowest BCUT2D eigenvalue weighted by Crippen LogP contribution is -2.43. The van der Waals surface area contributed by atoms with Crippen LogP contribution >= 0.6 is 0 Å². The molecule has 2 atom stereocenters. The molecule has 0 unspecified atom stereocenters. The number of rotatable bonds is 4. The van der Waals surface area contributed by atoms with Gasteiger partial charge in [-0.15, -0.1) is 0 Å². The lowest BCUT2D eigenvalue weighted by molar-refractivity contribution is -0.0543. The summed E-state index contributed by atoms with van der Waals surface area (Å²) in [5.41, 5.74) is 1.87. The normalized spacial score (nSPS) is 25.4. The fourth-order valence-corrected chi connectivity index (χ4v) is 4.36. The highest BCUT2D eigenvalue weighted by Gasteiger charge is 2.48. The Balaban J connectivity index is 1.73. The van der Waals surface area contributed by atoms with Gasteiger partial charge in [-0.3, -0.25) is 0 Å². The van der Waals surface area contributed by atoms with E-state index in [1.807, 2.05) is 12.1 Å².